The fourth-order valence-corrected chi connectivity index (χ4v) is 4.07. The predicted octanol–water partition coefficient (Wildman–Crippen LogP) is 4.40. The molecule has 0 bridgehead atoms. The zero-order valence-electron chi connectivity index (χ0n) is 20.4. The van der Waals surface area contributed by atoms with Crippen molar-refractivity contribution in [2.24, 2.45) is 5.92 Å². The molecule has 0 aliphatic heterocycles. The summed E-state index contributed by atoms with van der Waals surface area (Å²) in [5, 5.41) is 4.27. The van der Waals surface area contributed by atoms with Crippen LogP contribution in [0.4, 0.5) is 22.0 Å². The minimum Gasteiger partial charge on any atom is -0.419 e. The molecule has 0 spiro atoms. The highest BCUT2D eigenvalue weighted by atomic mass is 19.2. The fraction of sp³-hybridized carbons (Fsp3) is 0.600. The van der Waals surface area contributed by atoms with Crippen LogP contribution in [0.25, 0.3) is 0 Å². The van der Waals surface area contributed by atoms with Crippen molar-refractivity contribution in [3.63, 3.8) is 0 Å². The summed E-state index contributed by atoms with van der Waals surface area (Å²) in [6.07, 6.45) is 10.5. The summed E-state index contributed by atoms with van der Waals surface area (Å²) in [4.78, 5) is 48.1. The molecule has 0 heterocycles. The fourth-order valence-electron chi connectivity index (χ4n) is 4.07. The Balaban J connectivity index is 1.71. The monoisotopic (exact) mass is 534 g/mol. The molecule has 0 saturated heterocycles. The molecule has 2 rings (SSSR count). The van der Waals surface area contributed by atoms with E-state index in [1.54, 1.807) is 0 Å². The molecule has 0 radical (unpaired) electrons. The summed E-state index contributed by atoms with van der Waals surface area (Å²) in [6, 6.07) is 0. The van der Waals surface area contributed by atoms with E-state index in [9.17, 15) is 41.1 Å². The Bertz CT molecular complexity index is 948. The third-order valence-corrected chi connectivity index (χ3v) is 6.17. The summed E-state index contributed by atoms with van der Waals surface area (Å²) >= 11 is 0. The van der Waals surface area contributed by atoms with Gasteiger partial charge in [0.05, 0.1) is 6.54 Å². The van der Waals surface area contributed by atoms with E-state index < -0.39 is 65.7 Å². The molecule has 37 heavy (non-hydrogen) atoms. The Hall–Kier alpha value is -3.05. The number of esters is 1. The van der Waals surface area contributed by atoms with Gasteiger partial charge in [-0.3, -0.25) is 14.4 Å². The molecule has 7 nitrogen and oxygen atoms in total. The minimum atomic E-state index is -2.41. The lowest BCUT2D eigenvalue weighted by atomic mass is 9.89. The van der Waals surface area contributed by atoms with Crippen LogP contribution in [0, 0.1) is 35.0 Å². The molecule has 0 aromatic heterocycles. The second-order valence-electron chi connectivity index (χ2n) is 9.00. The SMILES string of the molecule is O=C(CCC(=O)C1CCCCCCCCCC1)NCC(=O)NCC(=O)Oc1c(F)c(F)c(F)c(F)c1F. The molecule has 0 unspecified atom stereocenters. The zero-order valence-corrected chi connectivity index (χ0v) is 20.4. The second-order valence-corrected chi connectivity index (χ2v) is 9.00. The third kappa shape index (κ3) is 9.73. The molecule has 12 heteroatoms. The van der Waals surface area contributed by atoms with Crippen molar-refractivity contribution in [2.75, 3.05) is 13.1 Å². The first-order valence-electron chi connectivity index (χ1n) is 12.4. The zero-order chi connectivity index (χ0) is 27.4. The van der Waals surface area contributed by atoms with Gasteiger partial charge < -0.3 is 15.4 Å². The lowest BCUT2D eigenvalue weighted by Gasteiger charge is -2.15. The standard InChI is InChI=1S/C25H31F5N2O5/c26-20-21(27)23(29)25(24(30)22(20)28)37-19(36)14-32-18(35)13-31-17(34)12-11-16(33)15-9-7-5-3-1-2-4-6-8-10-15/h15H,1-14H2,(H,31,34)(H,32,35). The van der Waals surface area contributed by atoms with Crippen molar-refractivity contribution < 1.29 is 45.9 Å². The van der Waals surface area contributed by atoms with Crippen LogP contribution in [0.3, 0.4) is 0 Å². The van der Waals surface area contributed by atoms with Gasteiger partial charge >= 0.3 is 5.97 Å². The van der Waals surface area contributed by atoms with Crippen molar-refractivity contribution in [3.8, 4) is 5.75 Å². The van der Waals surface area contributed by atoms with E-state index in [0.29, 0.717) is 0 Å². The number of rotatable bonds is 9. The highest BCUT2D eigenvalue weighted by Crippen LogP contribution is 2.29. The van der Waals surface area contributed by atoms with Gasteiger partial charge in [-0.1, -0.05) is 51.4 Å². The van der Waals surface area contributed by atoms with Crippen LogP contribution in [0.5, 0.6) is 5.75 Å². The number of Topliss-reactive ketones (excluding diaryl/α,β-unsaturated/α-hetero) is 1. The van der Waals surface area contributed by atoms with Crippen LogP contribution >= 0.6 is 0 Å². The molecule has 1 fully saturated rings. The van der Waals surface area contributed by atoms with Crippen molar-refractivity contribution >= 4 is 23.6 Å². The van der Waals surface area contributed by atoms with E-state index >= 15 is 0 Å². The van der Waals surface area contributed by atoms with E-state index in [0.717, 1.165) is 38.5 Å². The number of ether oxygens (including phenoxy) is 1. The highest BCUT2D eigenvalue weighted by molar-refractivity contribution is 5.89. The van der Waals surface area contributed by atoms with E-state index in [1.807, 2.05) is 5.32 Å². The minimum absolute atomic E-state index is 0.0229. The van der Waals surface area contributed by atoms with Crippen molar-refractivity contribution in [2.45, 2.75) is 77.0 Å². The molecule has 1 aromatic rings. The molecule has 2 N–H and O–H groups in total. The largest absolute Gasteiger partial charge is 0.419 e. The quantitative estimate of drug-likeness (QED) is 0.161. The predicted molar refractivity (Wildman–Crippen MR) is 122 cm³/mol. The number of amides is 2. The number of carbonyl (C=O) groups excluding carboxylic acids is 4. The average Bonchev–Trinajstić information content (AvgIpc) is 2.95. The topological polar surface area (TPSA) is 102 Å². The number of nitrogens with one attached hydrogen (secondary N) is 2. The molecule has 1 aliphatic carbocycles. The van der Waals surface area contributed by atoms with E-state index in [4.69, 9.17) is 0 Å². The Kier molecular flexibility index (Phi) is 12.4. The Labute approximate surface area is 211 Å². The van der Waals surface area contributed by atoms with Gasteiger partial charge in [-0.25, -0.2) is 18.0 Å². The average molecular weight is 535 g/mol. The number of benzene rings is 1. The first-order valence-corrected chi connectivity index (χ1v) is 12.4. The number of hydrogen-bond donors (Lipinski definition) is 2. The van der Waals surface area contributed by atoms with Crippen LogP contribution in [-0.2, 0) is 19.2 Å². The molecule has 1 aromatic carbocycles. The number of halogens is 5. The smallest absolute Gasteiger partial charge is 0.331 e. The Morgan fingerprint density at radius 3 is 1.62 bits per heavy atom. The lowest BCUT2D eigenvalue weighted by Crippen LogP contribution is -2.40. The summed E-state index contributed by atoms with van der Waals surface area (Å²) < 4.78 is 70.6. The summed E-state index contributed by atoms with van der Waals surface area (Å²) in [6.45, 7) is -1.53. The second kappa shape index (κ2) is 15.3. The molecule has 206 valence electrons. The summed E-state index contributed by atoms with van der Waals surface area (Å²) in [7, 11) is 0. The van der Waals surface area contributed by atoms with Gasteiger partial charge in [-0.2, -0.15) is 8.78 Å². The Morgan fingerprint density at radius 2 is 1.08 bits per heavy atom. The van der Waals surface area contributed by atoms with Crippen LogP contribution in [0.15, 0.2) is 0 Å². The van der Waals surface area contributed by atoms with Crippen molar-refractivity contribution in [1.82, 2.24) is 10.6 Å². The maximum atomic E-state index is 13.6. The maximum Gasteiger partial charge on any atom is 0.331 e. The molecule has 0 atom stereocenters. The van der Waals surface area contributed by atoms with Gasteiger partial charge in [0.1, 0.15) is 12.3 Å². The van der Waals surface area contributed by atoms with Crippen molar-refractivity contribution in [3.05, 3.63) is 29.1 Å². The van der Waals surface area contributed by atoms with Crippen LogP contribution < -0.4 is 15.4 Å². The van der Waals surface area contributed by atoms with Crippen molar-refractivity contribution in [1.29, 1.82) is 0 Å². The van der Waals surface area contributed by atoms with Gasteiger partial charge in [0.2, 0.25) is 46.6 Å². The normalized spacial score (nSPS) is 15.4. The molecule has 2 amide bonds. The first-order chi connectivity index (χ1) is 17.6. The van der Waals surface area contributed by atoms with Gasteiger partial charge in [0.15, 0.2) is 0 Å². The lowest BCUT2D eigenvalue weighted by molar-refractivity contribution is -0.136. The summed E-state index contributed by atoms with van der Waals surface area (Å²) in [5.74, 6) is -16.4. The highest BCUT2D eigenvalue weighted by Gasteiger charge is 2.28. The van der Waals surface area contributed by atoms with E-state index in [2.05, 4.69) is 10.1 Å². The van der Waals surface area contributed by atoms with Crippen LogP contribution in [0.2, 0.25) is 0 Å². The Morgan fingerprint density at radius 1 is 0.622 bits per heavy atom. The molecular weight excluding hydrogens is 503 g/mol. The first kappa shape index (κ1) is 30.2. The number of ketones is 1. The molecule has 1 saturated carbocycles. The number of carbonyl (C=O) groups is 4. The number of hydrogen-bond acceptors (Lipinski definition) is 5. The maximum absolute atomic E-state index is 13.6. The van der Waals surface area contributed by atoms with Gasteiger partial charge in [0.25, 0.3) is 0 Å². The van der Waals surface area contributed by atoms with Gasteiger partial charge in [-0.15, -0.1) is 0 Å². The van der Waals surface area contributed by atoms with Gasteiger partial charge in [-0.05, 0) is 12.8 Å². The van der Waals surface area contributed by atoms with E-state index in [1.165, 1.54) is 25.7 Å². The molecule has 1 aliphatic rings. The third-order valence-electron chi connectivity index (χ3n) is 6.17. The van der Waals surface area contributed by atoms with Crippen LogP contribution in [-0.4, -0.2) is 36.7 Å². The molecular formula is C25H31F5N2O5. The van der Waals surface area contributed by atoms with E-state index in [-0.39, 0.29) is 24.5 Å². The summed E-state index contributed by atoms with van der Waals surface area (Å²) in [5.41, 5.74) is 0. The van der Waals surface area contributed by atoms with Gasteiger partial charge in [0, 0.05) is 18.8 Å². The van der Waals surface area contributed by atoms with Crippen LogP contribution in [0.1, 0.15) is 77.0 Å².